The van der Waals surface area contributed by atoms with Gasteiger partial charge in [0, 0.05) is 17.1 Å². The summed E-state index contributed by atoms with van der Waals surface area (Å²) in [7, 11) is -2.00. The SMILES string of the molecule is CC(c1ccc(S(N)(=O)=O)cc1)N(C)C(=O)c1ccc(Br)cc1. The van der Waals surface area contributed by atoms with Crippen molar-refractivity contribution in [2.75, 3.05) is 7.05 Å². The van der Waals surface area contributed by atoms with E-state index in [2.05, 4.69) is 15.9 Å². The summed E-state index contributed by atoms with van der Waals surface area (Å²) < 4.78 is 23.5. The first-order valence-corrected chi connectivity index (χ1v) is 9.19. The fourth-order valence-electron chi connectivity index (χ4n) is 2.13. The van der Waals surface area contributed by atoms with Gasteiger partial charge in [-0.3, -0.25) is 4.79 Å². The lowest BCUT2D eigenvalue weighted by atomic mass is 10.1. The second-order valence-corrected chi connectivity index (χ2v) is 7.69. The molecule has 2 rings (SSSR count). The highest BCUT2D eigenvalue weighted by Crippen LogP contribution is 2.22. The summed E-state index contributed by atoms with van der Waals surface area (Å²) in [6.07, 6.45) is 0. The van der Waals surface area contributed by atoms with E-state index < -0.39 is 10.0 Å². The molecule has 0 saturated heterocycles. The Morgan fingerprint density at radius 2 is 1.61 bits per heavy atom. The standard InChI is InChI=1S/C16H17BrN2O3S/c1-11(12-5-9-15(10-6-12)23(18,21)22)19(2)16(20)13-3-7-14(17)8-4-13/h3-11H,1-2H3,(H2,18,21,22). The Balaban J connectivity index is 2.20. The number of nitrogens with two attached hydrogens (primary N) is 1. The number of halogens is 1. The molecule has 2 aromatic rings. The number of nitrogens with zero attached hydrogens (tertiary/aromatic N) is 1. The van der Waals surface area contributed by atoms with Gasteiger partial charge in [0.1, 0.15) is 0 Å². The third-order valence-corrected chi connectivity index (χ3v) is 5.14. The molecule has 0 aliphatic rings. The highest BCUT2D eigenvalue weighted by molar-refractivity contribution is 9.10. The van der Waals surface area contributed by atoms with Crippen LogP contribution < -0.4 is 5.14 Å². The first-order chi connectivity index (χ1) is 10.7. The quantitative estimate of drug-likeness (QED) is 0.862. The smallest absolute Gasteiger partial charge is 0.254 e. The zero-order valence-corrected chi connectivity index (χ0v) is 15.1. The normalized spacial score (nSPS) is 12.7. The summed E-state index contributed by atoms with van der Waals surface area (Å²) in [6, 6.07) is 13.1. The monoisotopic (exact) mass is 396 g/mol. The molecule has 2 N–H and O–H groups in total. The summed E-state index contributed by atoms with van der Waals surface area (Å²) >= 11 is 3.34. The van der Waals surface area contributed by atoms with Crippen LogP contribution in [-0.4, -0.2) is 26.3 Å². The van der Waals surface area contributed by atoms with Crippen LogP contribution in [-0.2, 0) is 10.0 Å². The van der Waals surface area contributed by atoms with Crippen LogP contribution in [0.3, 0.4) is 0 Å². The van der Waals surface area contributed by atoms with E-state index in [4.69, 9.17) is 5.14 Å². The Labute approximate surface area is 144 Å². The van der Waals surface area contributed by atoms with Gasteiger partial charge in [-0.1, -0.05) is 28.1 Å². The Hall–Kier alpha value is -1.70. The van der Waals surface area contributed by atoms with E-state index in [1.165, 1.54) is 12.1 Å². The van der Waals surface area contributed by atoms with Crippen molar-refractivity contribution in [3.05, 3.63) is 64.1 Å². The van der Waals surface area contributed by atoms with E-state index in [9.17, 15) is 13.2 Å². The molecule has 0 aliphatic carbocycles. The first-order valence-electron chi connectivity index (χ1n) is 6.85. The van der Waals surface area contributed by atoms with Crippen molar-refractivity contribution in [3.63, 3.8) is 0 Å². The first kappa shape index (κ1) is 17.7. The van der Waals surface area contributed by atoms with Crippen LogP contribution in [0.1, 0.15) is 28.9 Å². The van der Waals surface area contributed by atoms with Crippen LogP contribution in [0.15, 0.2) is 57.9 Å². The van der Waals surface area contributed by atoms with Gasteiger partial charge in [-0.2, -0.15) is 0 Å². The van der Waals surface area contributed by atoms with Gasteiger partial charge in [0.25, 0.3) is 5.91 Å². The average molecular weight is 397 g/mol. The maximum atomic E-state index is 12.5. The van der Waals surface area contributed by atoms with E-state index in [-0.39, 0.29) is 16.8 Å². The number of carbonyl (C=O) groups is 1. The number of primary sulfonamides is 1. The molecule has 7 heteroatoms. The Kier molecular flexibility index (Phi) is 5.23. The van der Waals surface area contributed by atoms with Crippen molar-refractivity contribution in [3.8, 4) is 0 Å². The maximum absolute atomic E-state index is 12.5. The molecule has 122 valence electrons. The van der Waals surface area contributed by atoms with Crippen LogP contribution in [0.2, 0.25) is 0 Å². The Morgan fingerprint density at radius 3 is 2.09 bits per heavy atom. The summed E-state index contributed by atoms with van der Waals surface area (Å²) in [5, 5.41) is 5.08. The van der Waals surface area contributed by atoms with Gasteiger partial charge in [-0.25, -0.2) is 13.6 Å². The summed E-state index contributed by atoms with van der Waals surface area (Å²) in [5.74, 6) is -0.111. The molecule has 0 aliphatic heterocycles. The molecule has 1 unspecified atom stereocenters. The molecule has 0 fully saturated rings. The fraction of sp³-hybridized carbons (Fsp3) is 0.188. The molecule has 0 bridgehead atoms. The fourth-order valence-corrected chi connectivity index (χ4v) is 2.91. The highest BCUT2D eigenvalue weighted by atomic mass is 79.9. The lowest BCUT2D eigenvalue weighted by molar-refractivity contribution is 0.0742. The minimum atomic E-state index is -3.71. The molecule has 5 nitrogen and oxygen atoms in total. The van der Waals surface area contributed by atoms with Gasteiger partial charge in [0.15, 0.2) is 0 Å². The Morgan fingerprint density at radius 1 is 1.09 bits per heavy atom. The number of rotatable bonds is 4. The molecule has 0 radical (unpaired) electrons. The van der Waals surface area contributed by atoms with E-state index in [1.54, 1.807) is 36.2 Å². The van der Waals surface area contributed by atoms with Crippen molar-refractivity contribution in [2.45, 2.75) is 17.9 Å². The van der Waals surface area contributed by atoms with Crippen LogP contribution in [0.5, 0.6) is 0 Å². The van der Waals surface area contributed by atoms with E-state index >= 15 is 0 Å². The minimum Gasteiger partial charge on any atom is -0.335 e. The van der Waals surface area contributed by atoms with Crippen LogP contribution in [0, 0.1) is 0 Å². The largest absolute Gasteiger partial charge is 0.335 e. The predicted molar refractivity (Wildman–Crippen MR) is 92.5 cm³/mol. The molecule has 2 aromatic carbocycles. The number of hydrogen-bond acceptors (Lipinski definition) is 3. The number of amides is 1. The zero-order valence-electron chi connectivity index (χ0n) is 12.7. The van der Waals surface area contributed by atoms with Crippen molar-refractivity contribution >= 4 is 31.9 Å². The number of benzene rings is 2. The van der Waals surface area contributed by atoms with Crippen LogP contribution >= 0.6 is 15.9 Å². The topological polar surface area (TPSA) is 80.5 Å². The minimum absolute atomic E-state index is 0.0512. The van der Waals surface area contributed by atoms with Crippen LogP contribution in [0.25, 0.3) is 0 Å². The van der Waals surface area contributed by atoms with Gasteiger partial charge >= 0.3 is 0 Å². The van der Waals surface area contributed by atoms with E-state index in [0.29, 0.717) is 5.56 Å². The molecule has 1 amide bonds. The number of hydrogen-bond donors (Lipinski definition) is 1. The summed E-state index contributed by atoms with van der Waals surface area (Å²) in [5.41, 5.74) is 1.41. The molecule has 0 aromatic heterocycles. The van der Waals surface area contributed by atoms with Crippen molar-refractivity contribution < 1.29 is 13.2 Å². The van der Waals surface area contributed by atoms with Crippen LogP contribution in [0.4, 0.5) is 0 Å². The Bertz CT molecular complexity index is 802. The molecule has 1 atom stereocenters. The van der Waals surface area contributed by atoms with E-state index in [0.717, 1.165) is 10.0 Å². The third-order valence-electron chi connectivity index (χ3n) is 3.68. The average Bonchev–Trinajstić information content (AvgIpc) is 2.53. The van der Waals surface area contributed by atoms with Crippen molar-refractivity contribution in [1.29, 1.82) is 0 Å². The van der Waals surface area contributed by atoms with Gasteiger partial charge in [-0.05, 0) is 48.9 Å². The lowest BCUT2D eigenvalue weighted by Gasteiger charge is -2.25. The van der Waals surface area contributed by atoms with Gasteiger partial charge in [0.05, 0.1) is 10.9 Å². The van der Waals surface area contributed by atoms with Crippen molar-refractivity contribution in [1.82, 2.24) is 4.90 Å². The molecule has 0 heterocycles. The summed E-state index contributed by atoms with van der Waals surface area (Å²) in [4.78, 5) is 14.1. The second-order valence-electron chi connectivity index (χ2n) is 5.21. The molecule has 0 saturated carbocycles. The lowest BCUT2D eigenvalue weighted by Crippen LogP contribution is -2.29. The van der Waals surface area contributed by atoms with Gasteiger partial charge in [-0.15, -0.1) is 0 Å². The molecule has 23 heavy (non-hydrogen) atoms. The zero-order chi connectivity index (χ0) is 17.2. The number of sulfonamides is 1. The predicted octanol–water partition coefficient (Wildman–Crippen LogP) is 2.93. The second kappa shape index (κ2) is 6.82. The van der Waals surface area contributed by atoms with Crippen molar-refractivity contribution in [2.24, 2.45) is 5.14 Å². The third kappa shape index (κ3) is 4.19. The summed E-state index contributed by atoms with van der Waals surface area (Å²) in [6.45, 7) is 1.88. The van der Waals surface area contributed by atoms with Gasteiger partial charge in [0.2, 0.25) is 10.0 Å². The maximum Gasteiger partial charge on any atom is 0.254 e. The molecular formula is C16H17BrN2O3S. The molecular weight excluding hydrogens is 380 g/mol. The van der Waals surface area contributed by atoms with E-state index in [1.807, 2.05) is 19.1 Å². The highest BCUT2D eigenvalue weighted by Gasteiger charge is 2.19. The number of carbonyl (C=O) groups excluding carboxylic acids is 1. The molecule has 0 spiro atoms. The van der Waals surface area contributed by atoms with Gasteiger partial charge < -0.3 is 4.90 Å².